The number of carbonyl (C=O) groups is 2. The molecule has 0 bridgehead atoms. The van der Waals surface area contributed by atoms with Crippen LogP contribution in [0.25, 0.3) is 11.4 Å². The van der Waals surface area contributed by atoms with Gasteiger partial charge in [0.05, 0.1) is 22.5 Å². The van der Waals surface area contributed by atoms with Crippen molar-refractivity contribution in [1.29, 1.82) is 0 Å². The van der Waals surface area contributed by atoms with Crippen molar-refractivity contribution in [3.05, 3.63) is 89.0 Å². The van der Waals surface area contributed by atoms with Crippen molar-refractivity contribution in [3.63, 3.8) is 0 Å². The number of aromatic nitrogens is 12. The van der Waals surface area contributed by atoms with Gasteiger partial charge in [0.2, 0.25) is 11.2 Å². The van der Waals surface area contributed by atoms with Gasteiger partial charge in [-0.3, -0.25) is 9.59 Å². The molecule has 4 aromatic heterocycles. The van der Waals surface area contributed by atoms with Crippen LogP contribution < -0.4 is 43.8 Å². The van der Waals surface area contributed by atoms with Crippen molar-refractivity contribution >= 4 is 52.4 Å². The molecule has 6 heterocycles. The second-order valence-corrected chi connectivity index (χ2v) is 21.7. The maximum absolute atomic E-state index is 12.1. The molecule has 23 heteroatoms. The number of hydrogen-bond acceptors (Lipinski definition) is 18. The molecule has 0 spiro atoms. The molecule has 2 saturated heterocycles. The third-order valence-corrected chi connectivity index (χ3v) is 12.1. The Kier molecular flexibility index (Phi) is 16.3. The Morgan fingerprint density at radius 3 is 1.54 bits per heavy atom. The van der Waals surface area contributed by atoms with Gasteiger partial charge >= 0.3 is 0 Å². The molecular weight excluding hydrogens is 924 g/mol. The number of hydrogen-bond donors (Lipinski definition) is 8. The number of nitrogens with one attached hydrogen (secondary N) is 5. The number of nitrogens with two attached hydrogens (primary N) is 3. The van der Waals surface area contributed by atoms with Gasteiger partial charge < -0.3 is 43.8 Å². The first-order valence-electron chi connectivity index (χ1n) is 23.6. The fourth-order valence-electron chi connectivity index (χ4n) is 9.85. The minimum atomic E-state index is -0.575. The predicted molar refractivity (Wildman–Crippen MR) is 276 cm³/mol. The lowest BCUT2D eigenvalue weighted by Gasteiger charge is -2.46. The van der Waals surface area contributed by atoms with E-state index < -0.39 is 11.8 Å². The van der Waals surface area contributed by atoms with Crippen LogP contribution in [0.2, 0.25) is 5.28 Å². The zero-order valence-corrected chi connectivity index (χ0v) is 43.5. The highest BCUT2D eigenvalue weighted by Gasteiger charge is 2.39. The van der Waals surface area contributed by atoms with Crippen LogP contribution in [-0.4, -0.2) is 106 Å². The van der Waals surface area contributed by atoms with Crippen LogP contribution in [0, 0.1) is 0 Å². The van der Waals surface area contributed by atoms with Gasteiger partial charge in [-0.2, -0.15) is 9.97 Å². The van der Waals surface area contributed by atoms with Crippen LogP contribution in [0.15, 0.2) is 61.4 Å². The predicted octanol–water partition coefficient (Wildman–Crippen LogP) is 6.46. The number of rotatable bonds is 12. The third kappa shape index (κ3) is 14.6. The number of nitrogen functional groups attached to an aromatic ring is 1. The van der Waals surface area contributed by atoms with Gasteiger partial charge in [-0.25, -0.2) is 19.3 Å². The standard InChI is InChI=1S/C24H34N10O.C14H22ClN5O.C10H13N5/c1-14(2)17-8-7-15(9-19(17)34-13-27-32-33-34)29-22-26-12-18(20(25)35)21(30-22)28-16-10-23(3,4)31-24(5,6)11-16;1-13(2)5-8(6-14(3,4)20-13)18-11-9(10(16)21)7-17-12(15)19-11;1-7(2)9-4-3-8(11)5-10(9)15-6-12-13-14-15/h7-9,12-14,16,31H,10-11H2,1-6H3,(H2,25,35)(H2,26,28,29,30);7-8,20H,5-6H2,1-4H3,(H2,16,21)(H,17,18,19);3-7H,11H2,1-2H3. The average molecular weight is 994 g/mol. The molecule has 0 atom stereocenters. The van der Waals surface area contributed by atoms with E-state index in [4.69, 9.17) is 28.8 Å². The third-order valence-electron chi connectivity index (χ3n) is 11.9. The van der Waals surface area contributed by atoms with Crippen LogP contribution in [0.4, 0.5) is 29.0 Å². The van der Waals surface area contributed by atoms with Gasteiger partial charge in [0.15, 0.2) is 0 Å². The Bertz CT molecular complexity index is 2740. The molecule has 22 nitrogen and oxygen atoms in total. The molecule has 0 radical (unpaired) electrons. The summed E-state index contributed by atoms with van der Waals surface area (Å²) in [5.74, 6) is 0.725. The van der Waals surface area contributed by atoms with Crippen molar-refractivity contribution in [2.45, 2.75) is 155 Å². The molecule has 0 unspecified atom stereocenters. The van der Waals surface area contributed by atoms with Gasteiger partial charge in [0.25, 0.3) is 11.8 Å². The minimum Gasteiger partial charge on any atom is -0.399 e. The van der Waals surface area contributed by atoms with E-state index in [1.54, 1.807) is 22.0 Å². The topological polar surface area (TPSA) is 311 Å². The molecular formula is C48H69ClN20O2. The number of anilines is 5. The molecule has 2 fully saturated rings. The Morgan fingerprint density at radius 2 is 1.10 bits per heavy atom. The summed E-state index contributed by atoms with van der Waals surface area (Å²) in [5.41, 5.74) is 22.7. The molecule has 2 aliphatic rings. The van der Waals surface area contributed by atoms with Gasteiger partial charge in [-0.1, -0.05) is 39.8 Å². The second kappa shape index (κ2) is 21.6. The van der Waals surface area contributed by atoms with Crippen molar-refractivity contribution in [2.75, 3.05) is 21.7 Å². The first-order valence-corrected chi connectivity index (χ1v) is 23.9. The molecule has 2 aromatic carbocycles. The maximum Gasteiger partial charge on any atom is 0.254 e. The first-order chi connectivity index (χ1) is 33.2. The SMILES string of the molecule is CC(C)c1ccc(N)cc1-n1cnnn1.CC(C)c1ccc(Nc2ncc(C(N)=O)c(NC3CC(C)(C)NC(C)(C)C3)n2)cc1-n1cnnn1.CC1(C)CC(Nc2nc(Cl)ncc2C(N)=O)CC(C)(C)N1. The molecule has 2 aliphatic heterocycles. The van der Waals surface area contributed by atoms with Crippen LogP contribution in [0.1, 0.15) is 152 Å². The summed E-state index contributed by atoms with van der Waals surface area (Å²) in [4.78, 5) is 40.5. The van der Waals surface area contributed by atoms with E-state index in [1.165, 1.54) is 18.0 Å². The Labute approximate surface area is 419 Å². The quantitative estimate of drug-likeness (QED) is 0.0482. The molecule has 2 amide bonds. The zero-order chi connectivity index (χ0) is 52.1. The molecule has 380 valence electrons. The van der Waals surface area contributed by atoms with Crippen LogP contribution >= 0.6 is 11.6 Å². The smallest absolute Gasteiger partial charge is 0.254 e. The number of carbonyl (C=O) groups excluding carboxylic acids is 2. The molecule has 0 saturated carbocycles. The first kappa shape index (κ1) is 53.4. The van der Waals surface area contributed by atoms with Gasteiger partial charge in [0.1, 0.15) is 24.3 Å². The normalized spacial score (nSPS) is 17.1. The fourth-order valence-corrected chi connectivity index (χ4v) is 9.98. The number of benzene rings is 2. The van der Waals surface area contributed by atoms with Crippen molar-refractivity contribution in [2.24, 2.45) is 11.5 Å². The Morgan fingerprint density at radius 1 is 0.662 bits per heavy atom. The minimum absolute atomic E-state index is 0.0108. The van der Waals surface area contributed by atoms with E-state index in [0.717, 1.165) is 48.3 Å². The second-order valence-electron chi connectivity index (χ2n) is 21.4. The molecule has 71 heavy (non-hydrogen) atoms. The largest absolute Gasteiger partial charge is 0.399 e. The van der Waals surface area contributed by atoms with E-state index in [2.05, 4.69) is 161 Å². The lowest BCUT2D eigenvalue weighted by atomic mass is 9.79. The van der Waals surface area contributed by atoms with Gasteiger partial charge in [-0.05, 0) is 161 Å². The molecule has 0 aliphatic carbocycles. The molecule has 11 N–H and O–H groups in total. The van der Waals surface area contributed by atoms with Crippen molar-refractivity contribution in [1.82, 2.24) is 71.0 Å². The average Bonchev–Trinajstić information content (AvgIpc) is 3.98. The number of primary amides is 2. The van der Waals surface area contributed by atoms with E-state index in [0.29, 0.717) is 29.2 Å². The monoisotopic (exact) mass is 993 g/mol. The molecule has 8 rings (SSSR count). The summed E-state index contributed by atoms with van der Waals surface area (Å²) in [6, 6.07) is 12.0. The highest BCUT2D eigenvalue weighted by molar-refractivity contribution is 6.28. The van der Waals surface area contributed by atoms with E-state index in [-0.39, 0.29) is 56.6 Å². The summed E-state index contributed by atoms with van der Waals surface area (Å²) < 4.78 is 3.26. The highest BCUT2D eigenvalue weighted by Crippen LogP contribution is 2.33. The number of nitrogens with zero attached hydrogens (tertiary/aromatic N) is 12. The van der Waals surface area contributed by atoms with Gasteiger partial charge in [0, 0.05) is 58.0 Å². The van der Waals surface area contributed by atoms with Gasteiger partial charge in [-0.15, -0.1) is 10.2 Å². The summed E-state index contributed by atoms with van der Waals surface area (Å²) in [5, 5.41) is 40.0. The van der Waals surface area contributed by atoms with E-state index >= 15 is 0 Å². The summed E-state index contributed by atoms with van der Waals surface area (Å²) in [7, 11) is 0. The van der Waals surface area contributed by atoms with E-state index in [9.17, 15) is 9.59 Å². The maximum atomic E-state index is 12.1. The number of piperidine rings is 2. The fraction of sp³-hybridized carbons (Fsp3) is 0.500. The number of halogens is 1. The number of tetrazole rings is 2. The van der Waals surface area contributed by atoms with Crippen LogP contribution in [-0.2, 0) is 0 Å². The van der Waals surface area contributed by atoms with Crippen LogP contribution in [0.3, 0.4) is 0 Å². The summed E-state index contributed by atoms with van der Waals surface area (Å²) in [6.07, 6.45) is 9.49. The molecule has 6 aromatic rings. The Hall–Kier alpha value is -6.91. The zero-order valence-electron chi connectivity index (χ0n) is 42.7. The lowest BCUT2D eigenvalue weighted by Crippen LogP contribution is -2.60. The Balaban J connectivity index is 0.000000193. The number of amides is 2. The van der Waals surface area contributed by atoms with Crippen molar-refractivity contribution < 1.29 is 9.59 Å². The van der Waals surface area contributed by atoms with E-state index in [1.807, 2.05) is 36.4 Å². The van der Waals surface area contributed by atoms with Crippen LogP contribution in [0.5, 0.6) is 0 Å². The highest BCUT2D eigenvalue weighted by atomic mass is 35.5. The van der Waals surface area contributed by atoms with Crippen molar-refractivity contribution in [3.8, 4) is 11.4 Å². The summed E-state index contributed by atoms with van der Waals surface area (Å²) in [6.45, 7) is 25.8. The lowest BCUT2D eigenvalue weighted by molar-refractivity contribution is 0.0991. The summed E-state index contributed by atoms with van der Waals surface area (Å²) >= 11 is 5.82.